The highest BCUT2D eigenvalue weighted by Gasteiger charge is 2.15. The summed E-state index contributed by atoms with van der Waals surface area (Å²) < 4.78 is 0.988. The number of hydrogen-bond donors (Lipinski definition) is 4. The molecule has 0 fully saturated rings. The fourth-order valence-electron chi connectivity index (χ4n) is 2.58. The second-order valence-corrected chi connectivity index (χ2v) is 7.58. The van der Waals surface area contributed by atoms with Gasteiger partial charge in [-0.05, 0) is 55.2 Å². The third-order valence-electron chi connectivity index (χ3n) is 3.91. The molecular weight excluding hydrogens is 390 g/mol. The van der Waals surface area contributed by atoms with E-state index in [1.54, 1.807) is 0 Å². The molecular formula is C17H24BrN3O2S. The Balaban J connectivity index is 1.90. The van der Waals surface area contributed by atoms with E-state index >= 15 is 0 Å². The zero-order chi connectivity index (χ0) is 17.4. The van der Waals surface area contributed by atoms with Crippen molar-refractivity contribution in [2.75, 3.05) is 18.6 Å². The minimum absolute atomic E-state index is 0.319. The van der Waals surface area contributed by atoms with Gasteiger partial charge in [-0.3, -0.25) is 5.32 Å². The number of aliphatic hydroxyl groups is 1. The van der Waals surface area contributed by atoms with Crippen LogP contribution in [-0.4, -0.2) is 45.8 Å². The van der Waals surface area contributed by atoms with E-state index in [2.05, 4.69) is 37.6 Å². The zero-order valence-electron chi connectivity index (χ0n) is 13.8. The molecule has 24 heavy (non-hydrogen) atoms. The molecule has 5 nitrogen and oxygen atoms in total. The molecule has 1 heterocycles. The number of halogens is 1. The lowest BCUT2D eigenvalue weighted by Gasteiger charge is -2.14. The lowest BCUT2D eigenvalue weighted by Crippen LogP contribution is -2.38. The Morgan fingerprint density at radius 2 is 2.21 bits per heavy atom. The number of H-pyrrole nitrogens is 1. The monoisotopic (exact) mass is 413 g/mol. The molecule has 132 valence electrons. The van der Waals surface area contributed by atoms with Gasteiger partial charge in [0.25, 0.3) is 0 Å². The van der Waals surface area contributed by atoms with E-state index in [0.717, 1.165) is 33.8 Å². The normalized spacial score (nSPS) is 13.5. The van der Waals surface area contributed by atoms with Gasteiger partial charge in [-0.1, -0.05) is 27.5 Å². The molecule has 1 aromatic carbocycles. The molecule has 0 spiro atoms. The molecule has 1 aromatic heterocycles. The molecule has 0 aliphatic rings. The first-order valence-corrected chi connectivity index (χ1v) is 10.2. The third-order valence-corrected chi connectivity index (χ3v) is 5.10. The van der Waals surface area contributed by atoms with Crippen LogP contribution >= 0.6 is 27.7 Å². The van der Waals surface area contributed by atoms with Crippen molar-refractivity contribution in [3.63, 3.8) is 0 Å². The molecule has 1 atom stereocenters. The van der Waals surface area contributed by atoms with Crippen LogP contribution in [0.15, 0.2) is 34.0 Å². The molecule has 0 bridgehead atoms. The van der Waals surface area contributed by atoms with Crippen molar-refractivity contribution in [1.82, 2.24) is 10.3 Å². The highest BCUT2D eigenvalue weighted by molar-refractivity contribution is 9.10. The van der Waals surface area contributed by atoms with Gasteiger partial charge in [0.05, 0.1) is 0 Å². The number of nitrogens with zero attached hydrogens (tertiary/aromatic N) is 1. The summed E-state index contributed by atoms with van der Waals surface area (Å²) in [5, 5.41) is 26.8. The number of aromatic amines is 1. The van der Waals surface area contributed by atoms with Crippen LogP contribution < -0.4 is 5.32 Å². The van der Waals surface area contributed by atoms with Crippen LogP contribution in [0.3, 0.4) is 0 Å². The summed E-state index contributed by atoms with van der Waals surface area (Å²) in [6.07, 6.45) is 6.75. The minimum Gasteiger partial charge on any atom is -0.411 e. The topological polar surface area (TPSA) is 80.6 Å². The first-order chi connectivity index (χ1) is 11.7. The molecule has 4 N–H and O–H groups in total. The number of fused-ring (bicyclic) bond motifs is 1. The molecule has 0 saturated heterocycles. The Labute approximate surface area is 155 Å². The van der Waals surface area contributed by atoms with Crippen LogP contribution in [0.2, 0.25) is 0 Å². The number of nitrogens with one attached hydrogen (secondary N) is 2. The van der Waals surface area contributed by atoms with Gasteiger partial charge in [-0.15, -0.1) is 0 Å². The van der Waals surface area contributed by atoms with E-state index < -0.39 is 6.23 Å². The summed E-state index contributed by atoms with van der Waals surface area (Å²) >= 11 is 5.32. The predicted molar refractivity (Wildman–Crippen MR) is 105 cm³/mol. The predicted octanol–water partition coefficient (Wildman–Crippen LogP) is 3.74. The van der Waals surface area contributed by atoms with E-state index in [-0.39, 0.29) is 0 Å². The van der Waals surface area contributed by atoms with E-state index in [1.807, 2.05) is 36.2 Å². The average molecular weight is 414 g/mol. The van der Waals surface area contributed by atoms with Gasteiger partial charge in [-0.25, -0.2) is 0 Å². The van der Waals surface area contributed by atoms with Crippen molar-refractivity contribution < 1.29 is 10.3 Å². The lowest BCUT2D eigenvalue weighted by atomic mass is 10.1. The number of benzene rings is 1. The first-order valence-electron chi connectivity index (χ1n) is 8.02. The number of thioether (sulfide) groups is 1. The van der Waals surface area contributed by atoms with Gasteiger partial charge in [0.1, 0.15) is 11.9 Å². The van der Waals surface area contributed by atoms with Crippen molar-refractivity contribution in [3.05, 3.63) is 34.4 Å². The van der Waals surface area contributed by atoms with Crippen LogP contribution in [0.25, 0.3) is 10.9 Å². The van der Waals surface area contributed by atoms with Crippen molar-refractivity contribution in [2.24, 2.45) is 5.16 Å². The molecule has 7 heteroatoms. The van der Waals surface area contributed by atoms with E-state index in [1.165, 1.54) is 12.2 Å². The van der Waals surface area contributed by atoms with Crippen molar-refractivity contribution in [2.45, 2.75) is 31.9 Å². The largest absolute Gasteiger partial charge is 0.411 e. The number of unbranched alkanes of at least 4 members (excludes halogenated alkanes) is 2. The summed E-state index contributed by atoms with van der Waals surface area (Å²) in [5.41, 5.74) is 2.32. The number of hydrogen-bond acceptors (Lipinski definition) is 5. The molecule has 2 rings (SSSR count). The van der Waals surface area contributed by atoms with Crippen molar-refractivity contribution >= 4 is 44.3 Å². The fraction of sp³-hybridized carbons (Fsp3) is 0.471. The second kappa shape index (κ2) is 10.1. The van der Waals surface area contributed by atoms with Gasteiger partial charge >= 0.3 is 0 Å². The first kappa shape index (κ1) is 19.3. The van der Waals surface area contributed by atoms with E-state index in [4.69, 9.17) is 0 Å². The summed E-state index contributed by atoms with van der Waals surface area (Å²) in [4.78, 5) is 3.19. The van der Waals surface area contributed by atoms with E-state index in [0.29, 0.717) is 18.7 Å². The zero-order valence-corrected chi connectivity index (χ0v) is 16.2. The standard InChI is InChI=1S/C17H24BrN3O2S/c1-24-8-4-2-3-7-19-17(22)16(21-23)9-12-11-20-15-6-5-13(18)10-14(12)15/h5-6,10-11,17,19-20,22-23H,2-4,7-9H2,1H3/b21-16-. The molecule has 0 aliphatic heterocycles. The quantitative estimate of drug-likeness (QED) is 0.157. The molecule has 2 aromatic rings. The number of aliphatic hydroxyl groups excluding tert-OH is 1. The molecule has 0 radical (unpaired) electrons. The van der Waals surface area contributed by atoms with Crippen LogP contribution in [0.1, 0.15) is 24.8 Å². The van der Waals surface area contributed by atoms with Gasteiger partial charge in [0.15, 0.2) is 0 Å². The SMILES string of the molecule is CSCCCCCNC(O)/C(Cc1c[nH]c2ccc(Br)cc12)=N\O. The Morgan fingerprint density at radius 3 is 2.96 bits per heavy atom. The summed E-state index contributed by atoms with van der Waals surface area (Å²) in [7, 11) is 0. The highest BCUT2D eigenvalue weighted by atomic mass is 79.9. The fourth-order valence-corrected chi connectivity index (χ4v) is 3.44. The second-order valence-electron chi connectivity index (χ2n) is 5.68. The molecule has 0 saturated carbocycles. The third kappa shape index (κ3) is 5.51. The Hall–Kier alpha value is -1.02. The van der Waals surface area contributed by atoms with Crippen molar-refractivity contribution in [1.29, 1.82) is 0 Å². The van der Waals surface area contributed by atoms with Gasteiger partial charge < -0.3 is 15.3 Å². The maximum atomic E-state index is 10.2. The maximum Gasteiger partial charge on any atom is 0.147 e. The summed E-state index contributed by atoms with van der Waals surface area (Å²) in [6, 6.07) is 5.97. The number of rotatable bonds is 10. The van der Waals surface area contributed by atoms with Crippen LogP contribution in [0, 0.1) is 0 Å². The number of oxime groups is 1. The molecule has 1 unspecified atom stereocenters. The van der Waals surface area contributed by atoms with Gasteiger partial charge in [0.2, 0.25) is 0 Å². The summed E-state index contributed by atoms with van der Waals surface area (Å²) in [6.45, 7) is 0.702. The van der Waals surface area contributed by atoms with Crippen LogP contribution in [0.5, 0.6) is 0 Å². The smallest absolute Gasteiger partial charge is 0.147 e. The number of aromatic nitrogens is 1. The summed E-state index contributed by atoms with van der Waals surface area (Å²) in [5.74, 6) is 1.17. The Morgan fingerprint density at radius 1 is 1.38 bits per heavy atom. The average Bonchev–Trinajstić information content (AvgIpc) is 2.97. The van der Waals surface area contributed by atoms with Crippen LogP contribution in [0.4, 0.5) is 0 Å². The van der Waals surface area contributed by atoms with E-state index in [9.17, 15) is 10.3 Å². The minimum atomic E-state index is -0.937. The van der Waals surface area contributed by atoms with Gasteiger partial charge in [-0.2, -0.15) is 11.8 Å². The molecule has 0 amide bonds. The Bertz CT molecular complexity index is 675. The molecule has 0 aliphatic carbocycles. The maximum absolute atomic E-state index is 10.2. The van der Waals surface area contributed by atoms with Crippen molar-refractivity contribution in [3.8, 4) is 0 Å². The van der Waals surface area contributed by atoms with Crippen LogP contribution in [-0.2, 0) is 6.42 Å². The lowest BCUT2D eigenvalue weighted by molar-refractivity contribution is 0.192. The highest BCUT2D eigenvalue weighted by Crippen LogP contribution is 2.23. The van der Waals surface area contributed by atoms with Gasteiger partial charge in [0, 0.05) is 28.0 Å². The Kier molecular flexibility index (Phi) is 8.11.